The maximum atomic E-state index is 14.4. The predicted molar refractivity (Wildman–Crippen MR) is 149 cm³/mol. The minimum atomic E-state index is -0.232. The van der Waals surface area contributed by atoms with Crippen LogP contribution in [0.2, 0.25) is 0 Å². The summed E-state index contributed by atoms with van der Waals surface area (Å²) in [6.45, 7) is 4.31. The van der Waals surface area contributed by atoms with Gasteiger partial charge in [-0.25, -0.2) is 4.98 Å². The number of aromatic nitrogens is 1. The highest BCUT2D eigenvalue weighted by molar-refractivity contribution is 5.87. The van der Waals surface area contributed by atoms with E-state index in [0.717, 1.165) is 73.9 Å². The molecule has 1 amide bonds. The second-order valence-corrected chi connectivity index (χ2v) is 11.5. The number of benzene rings is 2. The number of aliphatic hydroxyl groups excluding tert-OH is 1. The van der Waals surface area contributed by atoms with E-state index in [9.17, 15) is 9.90 Å². The molecule has 1 N–H and O–H groups in total. The van der Waals surface area contributed by atoms with Gasteiger partial charge in [-0.3, -0.25) is 4.79 Å². The van der Waals surface area contributed by atoms with Crippen LogP contribution in [0, 0.1) is 12.8 Å². The summed E-state index contributed by atoms with van der Waals surface area (Å²) in [5.74, 6) is 1.65. The number of carbonyl (C=O) groups excluding carboxylic acids is 1. The Labute approximate surface area is 220 Å². The van der Waals surface area contributed by atoms with Gasteiger partial charge in [0.05, 0.1) is 17.5 Å². The highest BCUT2D eigenvalue weighted by atomic mass is 16.3. The number of anilines is 1. The van der Waals surface area contributed by atoms with Crippen LogP contribution < -0.4 is 4.90 Å². The topological polar surface area (TPSA) is 56.7 Å². The van der Waals surface area contributed by atoms with Crippen LogP contribution in [0.15, 0.2) is 54.6 Å². The van der Waals surface area contributed by atoms with Crippen molar-refractivity contribution >= 4 is 22.6 Å². The van der Waals surface area contributed by atoms with Crippen molar-refractivity contribution in [3.8, 4) is 0 Å². The van der Waals surface area contributed by atoms with Crippen LogP contribution in [0.25, 0.3) is 10.9 Å². The Hall–Kier alpha value is -2.92. The normalized spacial score (nSPS) is 19.9. The molecule has 194 valence electrons. The first kappa shape index (κ1) is 24.4. The molecule has 5 heteroatoms. The Morgan fingerprint density at radius 3 is 2.43 bits per heavy atom. The Bertz CT molecular complexity index is 1240. The molecule has 0 spiro atoms. The molecule has 3 fully saturated rings. The van der Waals surface area contributed by atoms with Gasteiger partial charge in [0, 0.05) is 36.6 Å². The number of amides is 1. The molecule has 6 rings (SSSR count). The van der Waals surface area contributed by atoms with Crippen molar-refractivity contribution in [1.82, 2.24) is 9.88 Å². The summed E-state index contributed by atoms with van der Waals surface area (Å²) in [6.07, 6.45) is 8.19. The van der Waals surface area contributed by atoms with Crippen molar-refractivity contribution < 1.29 is 9.90 Å². The van der Waals surface area contributed by atoms with Crippen LogP contribution in [0.5, 0.6) is 0 Å². The maximum absolute atomic E-state index is 14.4. The van der Waals surface area contributed by atoms with Gasteiger partial charge in [-0.2, -0.15) is 0 Å². The fourth-order valence-corrected chi connectivity index (χ4v) is 6.55. The minimum Gasteiger partial charge on any atom is -0.393 e. The average Bonchev–Trinajstić information content (AvgIpc) is 3.62. The highest BCUT2D eigenvalue weighted by Gasteiger charge is 2.40. The van der Waals surface area contributed by atoms with Gasteiger partial charge < -0.3 is 14.9 Å². The quantitative estimate of drug-likeness (QED) is 0.437. The molecule has 2 aliphatic carbocycles. The van der Waals surface area contributed by atoms with Gasteiger partial charge in [0.15, 0.2) is 0 Å². The number of para-hydroxylation sites is 1. The number of fused-ring (bicyclic) bond motifs is 1. The molecule has 2 saturated carbocycles. The monoisotopic (exact) mass is 497 g/mol. The largest absolute Gasteiger partial charge is 0.393 e. The standard InChI is InChI=1S/C32H39N3O2/c1-22-8-7-13-25-20-26(31(33-30(22)25)34-18-16-28(36)17-19-34)21-35(27-14-15-27)32(37)29(24-11-5-6-12-24)23-9-3-2-4-10-23/h2-4,7-10,13,20,24,27-29,36H,5-6,11-12,14-19,21H2,1H3. The number of carbonyl (C=O) groups is 1. The number of rotatable bonds is 7. The van der Waals surface area contributed by atoms with Crippen molar-refractivity contribution in [3.63, 3.8) is 0 Å². The number of pyridine rings is 1. The van der Waals surface area contributed by atoms with E-state index >= 15 is 0 Å². The summed E-state index contributed by atoms with van der Waals surface area (Å²) in [5.41, 5.74) is 4.50. The molecule has 0 bridgehead atoms. The van der Waals surface area contributed by atoms with E-state index in [1.165, 1.54) is 24.0 Å². The molecule has 1 unspecified atom stereocenters. The van der Waals surface area contributed by atoms with Crippen LogP contribution >= 0.6 is 0 Å². The fourth-order valence-electron chi connectivity index (χ4n) is 6.55. The number of hydrogen-bond acceptors (Lipinski definition) is 4. The number of aliphatic hydroxyl groups is 1. The molecule has 2 heterocycles. The Morgan fingerprint density at radius 2 is 1.73 bits per heavy atom. The van der Waals surface area contributed by atoms with E-state index in [2.05, 4.69) is 65.3 Å². The van der Waals surface area contributed by atoms with Crippen LogP contribution in [0.1, 0.15) is 74.0 Å². The molecule has 3 aliphatic rings. The molecular weight excluding hydrogens is 458 g/mol. The van der Waals surface area contributed by atoms with Crippen molar-refractivity contribution in [2.75, 3.05) is 18.0 Å². The van der Waals surface area contributed by atoms with Crippen molar-refractivity contribution in [3.05, 3.63) is 71.3 Å². The zero-order valence-corrected chi connectivity index (χ0v) is 22.0. The molecule has 0 radical (unpaired) electrons. The third kappa shape index (κ3) is 5.11. The van der Waals surface area contributed by atoms with Gasteiger partial charge >= 0.3 is 0 Å². The van der Waals surface area contributed by atoms with Gasteiger partial charge in [0.25, 0.3) is 0 Å². The molecule has 1 saturated heterocycles. The highest BCUT2D eigenvalue weighted by Crippen LogP contribution is 2.41. The first-order chi connectivity index (χ1) is 18.1. The van der Waals surface area contributed by atoms with Crippen LogP contribution in [-0.2, 0) is 11.3 Å². The molecule has 1 atom stereocenters. The second-order valence-electron chi connectivity index (χ2n) is 11.5. The van der Waals surface area contributed by atoms with E-state index in [0.29, 0.717) is 24.4 Å². The van der Waals surface area contributed by atoms with E-state index < -0.39 is 0 Å². The van der Waals surface area contributed by atoms with Crippen molar-refractivity contribution in [2.45, 2.75) is 82.9 Å². The number of piperidine rings is 1. The van der Waals surface area contributed by atoms with Gasteiger partial charge in [-0.1, -0.05) is 61.4 Å². The third-order valence-electron chi connectivity index (χ3n) is 8.78. The number of aryl methyl sites for hydroxylation is 1. The predicted octanol–water partition coefficient (Wildman–Crippen LogP) is 5.97. The second kappa shape index (κ2) is 10.4. The maximum Gasteiger partial charge on any atom is 0.230 e. The van der Waals surface area contributed by atoms with E-state index in [4.69, 9.17) is 4.98 Å². The van der Waals surface area contributed by atoms with Crippen LogP contribution in [0.3, 0.4) is 0 Å². The summed E-state index contributed by atoms with van der Waals surface area (Å²) < 4.78 is 0. The Morgan fingerprint density at radius 1 is 1.00 bits per heavy atom. The summed E-state index contributed by atoms with van der Waals surface area (Å²) in [6, 6.07) is 19.4. The number of hydrogen-bond donors (Lipinski definition) is 1. The minimum absolute atomic E-state index is 0.0615. The molecular formula is C32H39N3O2. The van der Waals surface area contributed by atoms with Crippen LogP contribution in [0.4, 0.5) is 5.82 Å². The molecule has 1 aliphatic heterocycles. The molecule has 3 aromatic rings. The zero-order valence-electron chi connectivity index (χ0n) is 22.0. The van der Waals surface area contributed by atoms with Crippen molar-refractivity contribution in [1.29, 1.82) is 0 Å². The third-order valence-corrected chi connectivity index (χ3v) is 8.78. The summed E-state index contributed by atoms with van der Waals surface area (Å²) in [5, 5.41) is 11.3. The summed E-state index contributed by atoms with van der Waals surface area (Å²) >= 11 is 0. The lowest BCUT2D eigenvalue weighted by Gasteiger charge is -2.35. The van der Waals surface area contributed by atoms with Gasteiger partial charge in [-0.05, 0) is 68.6 Å². The summed E-state index contributed by atoms with van der Waals surface area (Å²) in [4.78, 5) is 24.1. The lowest BCUT2D eigenvalue weighted by atomic mass is 9.83. The molecule has 1 aromatic heterocycles. The van der Waals surface area contributed by atoms with E-state index in [1.807, 2.05) is 6.07 Å². The van der Waals surface area contributed by atoms with Gasteiger partial charge in [0.1, 0.15) is 5.82 Å². The lowest BCUT2D eigenvalue weighted by molar-refractivity contribution is -0.135. The average molecular weight is 498 g/mol. The lowest BCUT2D eigenvalue weighted by Crippen LogP contribution is -2.40. The Kier molecular flexibility index (Phi) is 6.90. The van der Waals surface area contributed by atoms with Gasteiger partial charge in [0.2, 0.25) is 5.91 Å². The zero-order chi connectivity index (χ0) is 25.4. The fraction of sp³-hybridized carbons (Fsp3) is 0.500. The van der Waals surface area contributed by atoms with Gasteiger partial charge in [-0.15, -0.1) is 0 Å². The number of nitrogens with zero attached hydrogens (tertiary/aromatic N) is 3. The molecule has 37 heavy (non-hydrogen) atoms. The van der Waals surface area contributed by atoms with E-state index in [-0.39, 0.29) is 12.0 Å². The van der Waals surface area contributed by atoms with Crippen molar-refractivity contribution in [2.24, 2.45) is 5.92 Å². The molecule has 2 aromatic carbocycles. The van der Waals surface area contributed by atoms with Crippen LogP contribution in [-0.4, -0.2) is 46.1 Å². The first-order valence-corrected chi connectivity index (χ1v) is 14.3. The molecule has 5 nitrogen and oxygen atoms in total. The smallest absolute Gasteiger partial charge is 0.230 e. The SMILES string of the molecule is Cc1cccc2cc(CN(C(=O)C(c3ccccc3)C3CCCC3)C3CC3)c(N3CCC(O)CC3)nc12. The Balaban J connectivity index is 1.37. The first-order valence-electron chi connectivity index (χ1n) is 14.3. The van der Waals surface area contributed by atoms with E-state index in [1.54, 1.807) is 0 Å². The summed E-state index contributed by atoms with van der Waals surface area (Å²) in [7, 11) is 0.